The number of H-pyrrole nitrogens is 1. The first-order chi connectivity index (χ1) is 11.8. The van der Waals surface area contributed by atoms with Crippen LogP contribution >= 0.6 is 11.3 Å². The molecule has 0 amide bonds. The molecular weight excluding hydrogens is 324 g/mol. The van der Waals surface area contributed by atoms with Gasteiger partial charge in [-0.2, -0.15) is 16.3 Å². The number of nitrogens with zero attached hydrogens (tertiary/aromatic N) is 3. The number of fused-ring (bicyclic) bond motifs is 1. The molecule has 0 aliphatic heterocycles. The highest BCUT2D eigenvalue weighted by molar-refractivity contribution is 7.08. The van der Waals surface area contributed by atoms with Gasteiger partial charge in [0.25, 0.3) is 11.4 Å². The molecule has 0 atom stereocenters. The number of hydrogen-bond acceptors (Lipinski definition) is 6. The van der Waals surface area contributed by atoms with Crippen molar-refractivity contribution >= 4 is 22.2 Å². The normalized spacial score (nSPS) is 14.3. The molecule has 5 rings (SSSR count). The summed E-state index contributed by atoms with van der Waals surface area (Å²) in [7, 11) is 0. The molecule has 24 heavy (non-hydrogen) atoms. The average molecular weight is 336 g/mol. The van der Waals surface area contributed by atoms with Crippen LogP contribution in [-0.4, -0.2) is 20.1 Å². The van der Waals surface area contributed by atoms with Crippen molar-refractivity contribution in [1.82, 2.24) is 20.1 Å². The number of rotatable bonds is 3. The monoisotopic (exact) mass is 336 g/mol. The van der Waals surface area contributed by atoms with E-state index in [1.54, 1.807) is 29.7 Å². The van der Waals surface area contributed by atoms with Crippen molar-refractivity contribution in [2.24, 2.45) is 0 Å². The van der Waals surface area contributed by atoms with Crippen LogP contribution in [0.2, 0.25) is 0 Å². The van der Waals surface area contributed by atoms with E-state index in [1.807, 2.05) is 16.8 Å². The third-order valence-corrected chi connectivity index (χ3v) is 4.86. The van der Waals surface area contributed by atoms with E-state index in [1.165, 1.54) is 0 Å². The molecule has 7 heteroatoms. The highest BCUT2D eigenvalue weighted by Gasteiger charge is 2.29. The van der Waals surface area contributed by atoms with Crippen molar-refractivity contribution in [3.63, 3.8) is 0 Å². The molecule has 0 unspecified atom stereocenters. The van der Waals surface area contributed by atoms with Gasteiger partial charge in [-0.3, -0.25) is 9.78 Å². The fourth-order valence-electron chi connectivity index (χ4n) is 2.77. The van der Waals surface area contributed by atoms with Crippen LogP contribution in [0, 0.1) is 0 Å². The summed E-state index contributed by atoms with van der Waals surface area (Å²) >= 11 is 1.61. The molecule has 0 spiro atoms. The fourth-order valence-corrected chi connectivity index (χ4v) is 3.41. The Morgan fingerprint density at radius 1 is 1.29 bits per heavy atom. The van der Waals surface area contributed by atoms with Crippen molar-refractivity contribution in [3.8, 4) is 22.7 Å². The average Bonchev–Trinajstić information content (AvgIpc) is 3.11. The second-order valence-corrected chi connectivity index (χ2v) is 6.66. The van der Waals surface area contributed by atoms with Crippen molar-refractivity contribution in [3.05, 3.63) is 51.3 Å². The van der Waals surface area contributed by atoms with Crippen LogP contribution in [-0.2, 0) is 0 Å². The molecule has 0 saturated heterocycles. The molecule has 6 nitrogen and oxygen atoms in total. The molecule has 1 saturated carbocycles. The SMILES string of the molecule is O=c1[nH]c2ccnc(-c3ccsc3)c2cc1-c1nc(C2CC2)no1. The molecule has 0 bridgehead atoms. The van der Waals surface area contributed by atoms with Gasteiger partial charge in [0.1, 0.15) is 5.56 Å². The predicted molar refractivity (Wildman–Crippen MR) is 90.9 cm³/mol. The van der Waals surface area contributed by atoms with E-state index >= 15 is 0 Å². The van der Waals surface area contributed by atoms with Crippen molar-refractivity contribution < 1.29 is 4.52 Å². The Labute approximate surface area is 140 Å². The Hall–Kier alpha value is -2.80. The lowest BCUT2D eigenvalue weighted by molar-refractivity contribution is 0.422. The van der Waals surface area contributed by atoms with Crippen LogP contribution in [0.15, 0.2) is 44.5 Å². The van der Waals surface area contributed by atoms with Crippen LogP contribution in [0.25, 0.3) is 33.6 Å². The summed E-state index contributed by atoms with van der Waals surface area (Å²) in [6.07, 6.45) is 3.86. The third-order valence-electron chi connectivity index (χ3n) is 4.18. The Kier molecular flexibility index (Phi) is 2.90. The number of pyridine rings is 2. The highest BCUT2D eigenvalue weighted by atomic mass is 32.1. The van der Waals surface area contributed by atoms with Crippen molar-refractivity contribution in [1.29, 1.82) is 0 Å². The lowest BCUT2D eigenvalue weighted by atomic mass is 10.1. The Morgan fingerprint density at radius 2 is 2.21 bits per heavy atom. The molecule has 1 fully saturated rings. The number of thiophene rings is 1. The van der Waals surface area contributed by atoms with Crippen LogP contribution in [0.3, 0.4) is 0 Å². The molecule has 1 N–H and O–H groups in total. The van der Waals surface area contributed by atoms with Gasteiger partial charge in [0, 0.05) is 28.4 Å². The van der Waals surface area contributed by atoms with E-state index in [-0.39, 0.29) is 11.4 Å². The second kappa shape index (κ2) is 5.10. The van der Waals surface area contributed by atoms with Gasteiger partial charge >= 0.3 is 0 Å². The summed E-state index contributed by atoms with van der Waals surface area (Å²) in [6, 6.07) is 5.59. The van der Waals surface area contributed by atoms with Gasteiger partial charge in [0.15, 0.2) is 5.82 Å². The van der Waals surface area contributed by atoms with Crippen LogP contribution in [0.4, 0.5) is 0 Å². The minimum Gasteiger partial charge on any atom is -0.334 e. The lowest BCUT2D eigenvalue weighted by Crippen LogP contribution is -2.09. The highest BCUT2D eigenvalue weighted by Crippen LogP contribution is 2.38. The largest absolute Gasteiger partial charge is 0.334 e. The third kappa shape index (κ3) is 2.16. The van der Waals surface area contributed by atoms with Crippen molar-refractivity contribution in [2.45, 2.75) is 18.8 Å². The van der Waals surface area contributed by atoms with Crippen LogP contribution in [0.1, 0.15) is 24.6 Å². The maximum Gasteiger partial charge on any atom is 0.263 e. The second-order valence-electron chi connectivity index (χ2n) is 5.88. The predicted octanol–water partition coefficient (Wildman–Crippen LogP) is 3.58. The molecule has 0 aromatic carbocycles. The topological polar surface area (TPSA) is 84.7 Å². The van der Waals surface area contributed by atoms with Gasteiger partial charge in [-0.25, -0.2) is 0 Å². The molecule has 4 heterocycles. The summed E-state index contributed by atoms with van der Waals surface area (Å²) < 4.78 is 5.31. The first-order valence-corrected chi connectivity index (χ1v) is 8.62. The first-order valence-electron chi connectivity index (χ1n) is 7.68. The molecule has 1 aliphatic carbocycles. The zero-order valence-electron chi connectivity index (χ0n) is 12.5. The zero-order valence-corrected chi connectivity index (χ0v) is 13.3. The molecule has 4 aromatic heterocycles. The molecule has 0 radical (unpaired) electrons. The Morgan fingerprint density at radius 3 is 3.00 bits per heavy atom. The van der Waals surface area contributed by atoms with E-state index in [4.69, 9.17) is 4.52 Å². The summed E-state index contributed by atoms with van der Waals surface area (Å²) in [6.45, 7) is 0. The number of aromatic nitrogens is 4. The standard InChI is InChI=1S/C17H12N4O2S/c22-16-12(17-20-15(21-23-17)9-1-2-9)7-11-13(19-16)3-5-18-14(11)10-4-6-24-8-10/h3-9H,1-2H2,(H,19,22). The summed E-state index contributed by atoms with van der Waals surface area (Å²) in [5.41, 5.74) is 2.73. The van der Waals surface area contributed by atoms with Crippen LogP contribution < -0.4 is 5.56 Å². The smallest absolute Gasteiger partial charge is 0.263 e. The molecule has 4 aromatic rings. The van der Waals surface area contributed by atoms with E-state index in [0.29, 0.717) is 17.3 Å². The maximum atomic E-state index is 12.4. The Bertz CT molecular complexity index is 1090. The van der Waals surface area contributed by atoms with Gasteiger partial charge in [-0.1, -0.05) is 5.16 Å². The minimum absolute atomic E-state index is 0.240. The summed E-state index contributed by atoms with van der Waals surface area (Å²) in [5.74, 6) is 1.33. The molecule has 118 valence electrons. The van der Waals surface area contributed by atoms with Gasteiger partial charge in [-0.15, -0.1) is 0 Å². The number of aromatic amines is 1. The van der Waals surface area contributed by atoms with E-state index < -0.39 is 0 Å². The minimum atomic E-state index is -0.240. The van der Waals surface area contributed by atoms with E-state index in [2.05, 4.69) is 20.1 Å². The zero-order chi connectivity index (χ0) is 16.1. The number of hydrogen-bond donors (Lipinski definition) is 1. The van der Waals surface area contributed by atoms with Gasteiger partial charge in [0.2, 0.25) is 0 Å². The maximum absolute atomic E-state index is 12.4. The lowest BCUT2D eigenvalue weighted by Gasteiger charge is -2.05. The van der Waals surface area contributed by atoms with Gasteiger partial charge in [0.05, 0.1) is 11.2 Å². The number of nitrogens with one attached hydrogen (secondary N) is 1. The first kappa shape index (κ1) is 13.6. The van der Waals surface area contributed by atoms with E-state index in [0.717, 1.165) is 35.0 Å². The fraction of sp³-hybridized carbons (Fsp3) is 0.176. The van der Waals surface area contributed by atoms with Crippen molar-refractivity contribution in [2.75, 3.05) is 0 Å². The summed E-state index contributed by atoms with van der Waals surface area (Å²) in [4.78, 5) is 24.2. The van der Waals surface area contributed by atoms with Gasteiger partial charge < -0.3 is 9.51 Å². The molecular formula is C17H12N4O2S. The molecule has 1 aliphatic rings. The Balaban J connectivity index is 1.72. The van der Waals surface area contributed by atoms with E-state index in [9.17, 15) is 4.79 Å². The van der Waals surface area contributed by atoms with Crippen LogP contribution in [0.5, 0.6) is 0 Å². The quantitative estimate of drug-likeness (QED) is 0.618. The summed E-state index contributed by atoms with van der Waals surface area (Å²) in [5, 5.41) is 8.89. The van der Waals surface area contributed by atoms with Gasteiger partial charge in [-0.05, 0) is 36.4 Å².